The summed E-state index contributed by atoms with van der Waals surface area (Å²) < 4.78 is 2.17. The number of hydrogen-bond donors (Lipinski definition) is 3. The van der Waals surface area contributed by atoms with Crippen LogP contribution in [0, 0.1) is 3.57 Å². The van der Waals surface area contributed by atoms with Crippen molar-refractivity contribution in [2.45, 2.75) is 19.4 Å². The highest BCUT2D eigenvalue weighted by atomic mass is 127. The van der Waals surface area contributed by atoms with Gasteiger partial charge in [-0.2, -0.15) is 0 Å². The minimum absolute atomic E-state index is 0.174. The molecule has 2 aromatic carbocycles. The summed E-state index contributed by atoms with van der Waals surface area (Å²) in [5.74, 6) is -0.329. The number of rotatable bonds is 3. The third-order valence-corrected chi connectivity index (χ3v) is 6.74. The Morgan fingerprint density at radius 2 is 1.84 bits per heavy atom. The minimum atomic E-state index is -0.664. The zero-order valence-electron chi connectivity index (χ0n) is 16.9. The van der Waals surface area contributed by atoms with E-state index in [1.165, 1.54) is 0 Å². The van der Waals surface area contributed by atoms with Gasteiger partial charge in [0.1, 0.15) is 5.56 Å². The highest BCUT2D eigenvalue weighted by molar-refractivity contribution is 14.1. The lowest BCUT2D eigenvalue weighted by atomic mass is 9.93. The summed E-state index contributed by atoms with van der Waals surface area (Å²) in [7, 11) is 0. The van der Waals surface area contributed by atoms with E-state index in [9.17, 15) is 14.7 Å². The maximum atomic E-state index is 13.0. The second kappa shape index (κ2) is 7.69. The predicted molar refractivity (Wildman–Crippen MR) is 128 cm³/mol. The molecule has 1 atom stereocenters. The monoisotopic (exact) mass is 528 g/mol. The lowest BCUT2D eigenvalue weighted by Gasteiger charge is -2.35. The van der Waals surface area contributed by atoms with Gasteiger partial charge in [-0.15, -0.1) is 0 Å². The average molecular weight is 528 g/mol. The van der Waals surface area contributed by atoms with Crippen LogP contribution in [0.4, 0.5) is 0 Å². The van der Waals surface area contributed by atoms with Crippen molar-refractivity contribution >= 4 is 33.5 Å². The van der Waals surface area contributed by atoms with Gasteiger partial charge in [-0.05, 0) is 71.5 Å². The molecule has 0 fully saturated rings. The first-order valence-corrected chi connectivity index (χ1v) is 11.2. The fourth-order valence-corrected chi connectivity index (χ4v) is 4.93. The summed E-state index contributed by atoms with van der Waals surface area (Å²) >= 11 is 2.18. The van der Waals surface area contributed by atoms with Crippen LogP contribution in [0.2, 0.25) is 0 Å². The number of hydrogen-bond acceptors (Lipinski definition) is 4. The topological polar surface area (TPSA) is 94.1 Å². The predicted octanol–water partition coefficient (Wildman–Crippen LogP) is 3.28. The quantitative estimate of drug-likeness (QED) is 0.356. The van der Waals surface area contributed by atoms with Crippen molar-refractivity contribution in [1.29, 1.82) is 0 Å². The second-order valence-corrected chi connectivity index (χ2v) is 8.90. The lowest BCUT2D eigenvalue weighted by Crippen LogP contribution is -2.41. The Morgan fingerprint density at radius 3 is 2.58 bits per heavy atom. The molecule has 0 amide bonds. The van der Waals surface area contributed by atoms with Crippen LogP contribution < -0.4 is 11.2 Å². The highest BCUT2D eigenvalue weighted by Crippen LogP contribution is 2.39. The van der Waals surface area contributed by atoms with Gasteiger partial charge < -0.3 is 10.1 Å². The third-order valence-electron chi connectivity index (χ3n) is 6.02. The van der Waals surface area contributed by atoms with Crippen LogP contribution in [0.5, 0.6) is 5.88 Å². The highest BCUT2D eigenvalue weighted by Gasteiger charge is 2.35. The van der Waals surface area contributed by atoms with Crippen LogP contribution >= 0.6 is 22.6 Å². The van der Waals surface area contributed by atoms with E-state index < -0.39 is 17.3 Å². The number of aromatic nitrogens is 3. The molecular formula is C23H21IN4O3. The molecule has 1 aliphatic rings. The van der Waals surface area contributed by atoms with Gasteiger partial charge in [-0.3, -0.25) is 14.7 Å². The zero-order chi connectivity index (χ0) is 21.7. The molecule has 3 N–H and O–H groups in total. The van der Waals surface area contributed by atoms with Crippen molar-refractivity contribution < 1.29 is 5.11 Å². The molecule has 1 aliphatic heterocycles. The van der Waals surface area contributed by atoms with Crippen LogP contribution in [0.3, 0.4) is 0 Å². The number of aromatic hydroxyl groups is 1. The molecule has 31 heavy (non-hydrogen) atoms. The Balaban J connectivity index is 1.78. The molecule has 5 rings (SSSR count). The first-order valence-electron chi connectivity index (χ1n) is 10.2. The van der Waals surface area contributed by atoms with Crippen LogP contribution in [-0.2, 0) is 6.42 Å². The Kier molecular flexibility index (Phi) is 4.98. The average Bonchev–Trinajstić information content (AvgIpc) is 3.14. The molecule has 0 aliphatic carbocycles. The van der Waals surface area contributed by atoms with Gasteiger partial charge in [0.2, 0.25) is 5.88 Å². The van der Waals surface area contributed by atoms with Crippen molar-refractivity contribution in [3.63, 3.8) is 0 Å². The van der Waals surface area contributed by atoms with Crippen molar-refractivity contribution in [3.8, 4) is 11.6 Å². The van der Waals surface area contributed by atoms with E-state index in [2.05, 4.69) is 43.5 Å². The van der Waals surface area contributed by atoms with Crippen LogP contribution in [0.1, 0.15) is 29.8 Å². The molecule has 0 saturated carbocycles. The molecule has 0 bridgehead atoms. The summed E-state index contributed by atoms with van der Waals surface area (Å²) in [5.41, 5.74) is 2.47. The number of nitrogens with zero attached hydrogens (tertiary/aromatic N) is 2. The van der Waals surface area contributed by atoms with Crippen LogP contribution in [-0.4, -0.2) is 37.6 Å². The van der Waals surface area contributed by atoms with E-state index in [4.69, 9.17) is 0 Å². The minimum Gasteiger partial charge on any atom is -0.494 e. The summed E-state index contributed by atoms with van der Waals surface area (Å²) in [6, 6.07) is 14.8. The second-order valence-electron chi connectivity index (χ2n) is 7.65. The SMILES string of the molecule is CCN1CCc2c([nH]c3ccccc23)C1c1c(O)n(-c2ccc(I)cc2)c(=O)[nH]c1=O. The number of fused-ring (bicyclic) bond motifs is 3. The first kappa shape index (κ1) is 20.1. The Bertz CT molecular complexity index is 1400. The third kappa shape index (κ3) is 3.21. The smallest absolute Gasteiger partial charge is 0.335 e. The fraction of sp³-hybridized carbons (Fsp3) is 0.217. The molecule has 8 heteroatoms. The first-order chi connectivity index (χ1) is 15.0. The van der Waals surface area contributed by atoms with E-state index in [0.29, 0.717) is 12.2 Å². The van der Waals surface area contributed by atoms with E-state index in [1.54, 1.807) is 12.1 Å². The molecule has 158 valence electrons. The van der Waals surface area contributed by atoms with Crippen molar-refractivity contribution in [2.24, 2.45) is 0 Å². The molecule has 0 saturated heterocycles. The number of halogens is 1. The zero-order valence-corrected chi connectivity index (χ0v) is 19.0. The van der Waals surface area contributed by atoms with E-state index >= 15 is 0 Å². The van der Waals surface area contributed by atoms with Gasteiger partial charge in [-0.25, -0.2) is 9.36 Å². The summed E-state index contributed by atoms with van der Waals surface area (Å²) in [6.45, 7) is 3.47. The molecule has 1 unspecified atom stereocenters. The summed E-state index contributed by atoms with van der Waals surface area (Å²) in [5, 5.41) is 12.4. The molecular weight excluding hydrogens is 507 g/mol. The maximum Gasteiger partial charge on any atom is 0.335 e. The van der Waals surface area contributed by atoms with Gasteiger partial charge in [0.05, 0.1) is 11.7 Å². The number of H-pyrrole nitrogens is 2. The number of benzene rings is 2. The summed E-state index contributed by atoms with van der Waals surface area (Å²) in [4.78, 5) is 33.7. The number of para-hydroxylation sites is 1. The van der Waals surface area contributed by atoms with Gasteiger partial charge in [0.25, 0.3) is 5.56 Å². The number of aromatic amines is 2. The van der Waals surface area contributed by atoms with Crippen LogP contribution in [0.15, 0.2) is 58.1 Å². The Labute approximate surface area is 191 Å². The largest absolute Gasteiger partial charge is 0.494 e. The van der Waals surface area contributed by atoms with Crippen molar-refractivity contribution in [1.82, 2.24) is 19.4 Å². The fourth-order valence-electron chi connectivity index (χ4n) is 4.57. The number of likely N-dealkylation sites (N-methyl/N-ethyl adjacent to an activating group) is 1. The molecule has 2 aromatic heterocycles. The van der Waals surface area contributed by atoms with Gasteiger partial charge in [-0.1, -0.05) is 25.1 Å². The maximum absolute atomic E-state index is 13.0. The molecule has 7 nitrogen and oxygen atoms in total. The summed E-state index contributed by atoms with van der Waals surface area (Å²) in [6.07, 6.45) is 0.846. The normalized spacial score (nSPS) is 16.5. The standard InChI is InChI=1S/C23H21IN4O3/c1-2-27-12-11-16-15-5-3-4-6-17(15)25-19(16)20(27)18-21(29)26-23(31)28(22(18)30)14-9-7-13(24)8-10-14/h3-10,20,25,30H,2,11-12H2,1H3,(H,26,29,31). The van der Waals surface area contributed by atoms with Crippen LogP contribution in [0.25, 0.3) is 16.6 Å². The Hall–Kier alpha value is -2.85. The van der Waals surface area contributed by atoms with Gasteiger partial charge in [0.15, 0.2) is 0 Å². The molecule has 0 radical (unpaired) electrons. The molecule has 0 spiro atoms. The molecule has 4 aromatic rings. The van der Waals surface area contributed by atoms with E-state index in [-0.39, 0.29) is 11.4 Å². The van der Waals surface area contributed by atoms with Crippen molar-refractivity contribution in [2.75, 3.05) is 13.1 Å². The number of nitrogens with one attached hydrogen (secondary N) is 2. The Morgan fingerprint density at radius 1 is 1.10 bits per heavy atom. The van der Waals surface area contributed by atoms with Gasteiger partial charge >= 0.3 is 5.69 Å². The lowest BCUT2D eigenvalue weighted by molar-refractivity contribution is 0.215. The van der Waals surface area contributed by atoms with Gasteiger partial charge in [0, 0.05) is 26.7 Å². The van der Waals surface area contributed by atoms with E-state index in [0.717, 1.165) is 43.3 Å². The molecule has 3 heterocycles. The van der Waals surface area contributed by atoms with Crippen molar-refractivity contribution in [3.05, 3.63) is 89.8 Å². The van der Waals surface area contributed by atoms with E-state index in [1.807, 2.05) is 37.3 Å².